The molecule has 1 aromatic heterocycles. The van der Waals surface area contributed by atoms with Gasteiger partial charge in [-0.15, -0.1) is 0 Å². The lowest BCUT2D eigenvalue weighted by molar-refractivity contribution is 0.0738. The third kappa shape index (κ3) is 2.33. The van der Waals surface area contributed by atoms with Crippen LogP contribution in [-0.4, -0.2) is 10.1 Å². The number of hydrogen-bond acceptors (Lipinski definition) is 4. The van der Waals surface area contributed by atoms with E-state index in [2.05, 4.69) is 11.9 Å². The predicted octanol–water partition coefficient (Wildman–Crippen LogP) is 2.76. The summed E-state index contributed by atoms with van der Waals surface area (Å²) >= 11 is 1.35. The Morgan fingerprint density at radius 3 is 2.59 bits per heavy atom. The van der Waals surface area contributed by atoms with E-state index in [-0.39, 0.29) is 0 Å². The molecule has 0 amide bonds. The van der Waals surface area contributed by atoms with E-state index < -0.39 is 5.60 Å². The highest BCUT2D eigenvalue weighted by Gasteiger charge is 2.32. The maximum Gasteiger partial charge on any atom is 0.180 e. The van der Waals surface area contributed by atoms with Crippen LogP contribution < -0.4 is 5.73 Å². The molecule has 2 rings (SSSR count). The van der Waals surface area contributed by atoms with Gasteiger partial charge in [-0.25, -0.2) is 4.98 Å². The van der Waals surface area contributed by atoms with E-state index in [1.807, 2.05) is 30.3 Å². The highest BCUT2D eigenvalue weighted by Crippen LogP contribution is 2.37. The zero-order valence-electron chi connectivity index (χ0n) is 9.76. The molecule has 3 N–H and O–H groups in total. The Hall–Kier alpha value is -1.39. The number of nitrogens with zero attached hydrogens (tertiary/aromatic N) is 1. The lowest BCUT2D eigenvalue weighted by atomic mass is 9.88. The Kier molecular flexibility index (Phi) is 3.45. The number of nitrogen functional groups attached to an aromatic ring is 1. The lowest BCUT2D eigenvalue weighted by Gasteiger charge is -2.26. The van der Waals surface area contributed by atoms with Crippen molar-refractivity contribution in [3.63, 3.8) is 0 Å². The highest BCUT2D eigenvalue weighted by atomic mass is 32.1. The van der Waals surface area contributed by atoms with Gasteiger partial charge in [0.15, 0.2) is 5.13 Å². The van der Waals surface area contributed by atoms with Crippen molar-refractivity contribution < 1.29 is 5.11 Å². The number of rotatable bonds is 4. The molecule has 90 valence electrons. The Morgan fingerprint density at radius 2 is 2.06 bits per heavy atom. The van der Waals surface area contributed by atoms with Crippen LogP contribution >= 0.6 is 11.3 Å². The van der Waals surface area contributed by atoms with Crippen LogP contribution in [0.2, 0.25) is 0 Å². The van der Waals surface area contributed by atoms with E-state index in [1.54, 1.807) is 6.20 Å². The monoisotopic (exact) mass is 248 g/mol. The van der Waals surface area contributed by atoms with Crippen molar-refractivity contribution in [1.29, 1.82) is 0 Å². The topological polar surface area (TPSA) is 59.1 Å². The van der Waals surface area contributed by atoms with E-state index in [4.69, 9.17) is 5.73 Å². The molecular formula is C13H16N2OS. The smallest absolute Gasteiger partial charge is 0.180 e. The summed E-state index contributed by atoms with van der Waals surface area (Å²) in [6, 6.07) is 9.68. The van der Waals surface area contributed by atoms with Gasteiger partial charge in [0.25, 0.3) is 0 Å². The quantitative estimate of drug-likeness (QED) is 0.874. The van der Waals surface area contributed by atoms with Crippen LogP contribution in [0.1, 0.15) is 30.2 Å². The molecule has 3 nitrogen and oxygen atoms in total. The fourth-order valence-electron chi connectivity index (χ4n) is 1.96. The normalized spacial score (nSPS) is 14.5. The summed E-state index contributed by atoms with van der Waals surface area (Å²) in [6.07, 6.45) is 3.23. The van der Waals surface area contributed by atoms with Gasteiger partial charge < -0.3 is 10.8 Å². The van der Waals surface area contributed by atoms with Gasteiger partial charge in [-0.2, -0.15) is 0 Å². The van der Waals surface area contributed by atoms with Gasteiger partial charge in [0.2, 0.25) is 0 Å². The molecule has 0 radical (unpaired) electrons. The van der Waals surface area contributed by atoms with Crippen molar-refractivity contribution >= 4 is 16.5 Å². The summed E-state index contributed by atoms with van der Waals surface area (Å²) in [4.78, 5) is 4.84. The molecule has 1 heterocycles. The van der Waals surface area contributed by atoms with Crippen LogP contribution in [0.5, 0.6) is 0 Å². The minimum Gasteiger partial charge on any atom is -0.379 e. The number of anilines is 1. The Bertz CT molecular complexity index is 483. The molecule has 4 heteroatoms. The van der Waals surface area contributed by atoms with Gasteiger partial charge in [-0.3, -0.25) is 0 Å². The van der Waals surface area contributed by atoms with E-state index in [9.17, 15) is 5.11 Å². The number of hydrogen-bond donors (Lipinski definition) is 2. The standard InChI is InChI=1S/C13H16N2OS/c1-2-8-13(16,10-6-4-3-5-7-10)11-9-15-12(14)17-11/h3-7,9,16H,2,8H2,1H3,(H2,14,15). The van der Waals surface area contributed by atoms with E-state index in [0.717, 1.165) is 16.9 Å². The van der Waals surface area contributed by atoms with Crippen LogP contribution in [0.3, 0.4) is 0 Å². The first-order valence-electron chi connectivity index (χ1n) is 5.66. The molecular weight excluding hydrogens is 232 g/mol. The predicted molar refractivity (Wildman–Crippen MR) is 70.9 cm³/mol. The summed E-state index contributed by atoms with van der Waals surface area (Å²) in [6.45, 7) is 2.05. The first-order valence-corrected chi connectivity index (χ1v) is 6.48. The third-order valence-electron chi connectivity index (χ3n) is 2.79. The van der Waals surface area contributed by atoms with Gasteiger partial charge in [0.05, 0.1) is 4.88 Å². The fraction of sp³-hybridized carbons (Fsp3) is 0.308. The summed E-state index contributed by atoms with van der Waals surface area (Å²) < 4.78 is 0. The average molecular weight is 248 g/mol. The first-order chi connectivity index (χ1) is 8.16. The maximum atomic E-state index is 10.9. The van der Waals surface area contributed by atoms with Crippen LogP contribution in [0.25, 0.3) is 0 Å². The number of aromatic nitrogens is 1. The Morgan fingerprint density at radius 1 is 1.35 bits per heavy atom. The third-order valence-corrected chi connectivity index (χ3v) is 3.77. The minimum atomic E-state index is -0.967. The zero-order valence-corrected chi connectivity index (χ0v) is 10.6. The molecule has 0 aliphatic heterocycles. The van der Waals surface area contributed by atoms with E-state index in [1.165, 1.54) is 11.3 Å². The molecule has 1 unspecified atom stereocenters. The summed E-state index contributed by atoms with van der Waals surface area (Å²) in [5, 5.41) is 11.4. The van der Waals surface area contributed by atoms with Crippen molar-refractivity contribution in [2.24, 2.45) is 0 Å². The first kappa shape index (κ1) is 12.1. The van der Waals surface area contributed by atoms with Gasteiger partial charge in [0, 0.05) is 6.20 Å². The summed E-state index contributed by atoms with van der Waals surface area (Å²) in [5.41, 5.74) is 5.57. The minimum absolute atomic E-state index is 0.491. The van der Waals surface area contributed by atoms with Crippen molar-refractivity contribution in [2.45, 2.75) is 25.4 Å². The molecule has 0 aliphatic carbocycles. The molecule has 0 saturated carbocycles. The van der Waals surface area contributed by atoms with Crippen molar-refractivity contribution in [2.75, 3.05) is 5.73 Å². The van der Waals surface area contributed by atoms with E-state index in [0.29, 0.717) is 11.6 Å². The molecule has 0 fully saturated rings. The van der Waals surface area contributed by atoms with E-state index >= 15 is 0 Å². The number of nitrogens with two attached hydrogens (primary N) is 1. The Labute approximate surface area is 105 Å². The second-order valence-corrected chi connectivity index (χ2v) is 5.10. The number of benzene rings is 1. The maximum absolute atomic E-state index is 10.9. The molecule has 1 atom stereocenters. The largest absolute Gasteiger partial charge is 0.379 e. The van der Waals surface area contributed by atoms with Gasteiger partial charge in [0.1, 0.15) is 5.60 Å². The Balaban J connectivity index is 2.46. The molecule has 0 saturated heterocycles. The van der Waals surface area contributed by atoms with Gasteiger partial charge >= 0.3 is 0 Å². The zero-order chi connectivity index (χ0) is 12.3. The average Bonchev–Trinajstić information content (AvgIpc) is 2.78. The van der Waals surface area contributed by atoms with Gasteiger partial charge in [-0.05, 0) is 12.0 Å². The highest BCUT2D eigenvalue weighted by molar-refractivity contribution is 7.15. The van der Waals surface area contributed by atoms with Crippen molar-refractivity contribution in [1.82, 2.24) is 4.98 Å². The fourth-order valence-corrected chi connectivity index (χ4v) is 2.79. The lowest BCUT2D eigenvalue weighted by Crippen LogP contribution is -2.25. The van der Waals surface area contributed by atoms with Crippen LogP contribution in [0.15, 0.2) is 36.5 Å². The SMILES string of the molecule is CCCC(O)(c1ccccc1)c1cnc(N)s1. The van der Waals surface area contributed by atoms with Crippen LogP contribution in [0, 0.1) is 0 Å². The molecule has 0 spiro atoms. The number of thiazole rings is 1. The van der Waals surface area contributed by atoms with Crippen molar-refractivity contribution in [3.8, 4) is 0 Å². The van der Waals surface area contributed by atoms with Crippen LogP contribution in [0.4, 0.5) is 5.13 Å². The molecule has 2 aromatic rings. The molecule has 17 heavy (non-hydrogen) atoms. The van der Waals surface area contributed by atoms with Gasteiger partial charge in [-0.1, -0.05) is 55.0 Å². The number of aliphatic hydroxyl groups is 1. The van der Waals surface area contributed by atoms with Crippen molar-refractivity contribution in [3.05, 3.63) is 47.0 Å². The summed E-state index contributed by atoms with van der Waals surface area (Å²) in [5.74, 6) is 0. The molecule has 1 aromatic carbocycles. The van der Waals surface area contributed by atoms with Crippen LogP contribution in [-0.2, 0) is 5.60 Å². The molecule has 0 bridgehead atoms. The second-order valence-electron chi connectivity index (χ2n) is 4.04. The second kappa shape index (κ2) is 4.85. The summed E-state index contributed by atoms with van der Waals surface area (Å²) in [7, 11) is 0. The molecule has 0 aliphatic rings.